The van der Waals surface area contributed by atoms with Crippen molar-refractivity contribution in [2.24, 2.45) is 0 Å². The highest BCUT2D eigenvalue weighted by molar-refractivity contribution is 5.81. The molecule has 0 saturated carbocycles. The van der Waals surface area contributed by atoms with Crippen LogP contribution in [0.3, 0.4) is 0 Å². The molecule has 6 heteroatoms. The summed E-state index contributed by atoms with van der Waals surface area (Å²) in [6.07, 6.45) is -0.879. The van der Waals surface area contributed by atoms with Gasteiger partial charge in [-0.3, -0.25) is 9.59 Å². The van der Waals surface area contributed by atoms with Crippen molar-refractivity contribution in [3.8, 4) is 5.75 Å². The molecular formula is C13H16FNO4. The molecule has 1 N–H and O–H groups in total. The first kappa shape index (κ1) is 14.9. The number of nitrogens with zero attached hydrogens (tertiary/aromatic N) is 1. The number of carboxylic acid groups (broad SMARTS) is 1. The lowest BCUT2D eigenvalue weighted by Crippen LogP contribution is -2.38. The number of likely N-dealkylation sites (N-methyl/N-ethyl adjacent to an activating group) is 1. The molecule has 0 heterocycles. The number of carbonyl (C=O) groups is 2. The number of hydrogen-bond donors (Lipinski definition) is 1. The maximum Gasteiger partial charge on any atom is 0.305 e. The number of carbonyl (C=O) groups excluding carboxylic acids is 1. The number of halogens is 1. The van der Waals surface area contributed by atoms with Crippen molar-refractivity contribution in [2.75, 3.05) is 13.6 Å². The summed E-state index contributed by atoms with van der Waals surface area (Å²) >= 11 is 0. The highest BCUT2D eigenvalue weighted by Gasteiger charge is 2.19. The molecule has 0 fully saturated rings. The van der Waals surface area contributed by atoms with Crippen molar-refractivity contribution in [3.05, 3.63) is 30.1 Å². The van der Waals surface area contributed by atoms with E-state index in [2.05, 4.69) is 0 Å². The zero-order valence-corrected chi connectivity index (χ0v) is 10.8. The SMILES string of the molecule is CC(Oc1ccc(F)cc1)C(=O)N(C)CCC(=O)O. The van der Waals surface area contributed by atoms with E-state index in [1.165, 1.54) is 36.2 Å². The molecule has 0 bridgehead atoms. The van der Waals surface area contributed by atoms with E-state index in [1.54, 1.807) is 6.92 Å². The van der Waals surface area contributed by atoms with Crippen molar-refractivity contribution in [3.63, 3.8) is 0 Å². The first-order valence-electron chi connectivity index (χ1n) is 5.79. The number of ether oxygens (including phenoxy) is 1. The van der Waals surface area contributed by atoms with Crippen molar-refractivity contribution < 1.29 is 23.8 Å². The topological polar surface area (TPSA) is 66.8 Å². The fourth-order valence-electron chi connectivity index (χ4n) is 1.45. The average molecular weight is 269 g/mol. The van der Waals surface area contributed by atoms with E-state index >= 15 is 0 Å². The zero-order chi connectivity index (χ0) is 14.4. The molecule has 1 amide bonds. The van der Waals surface area contributed by atoms with Gasteiger partial charge >= 0.3 is 5.97 Å². The lowest BCUT2D eigenvalue weighted by atomic mass is 10.3. The molecule has 1 aromatic rings. The van der Waals surface area contributed by atoms with Gasteiger partial charge in [0.1, 0.15) is 11.6 Å². The first-order chi connectivity index (χ1) is 8.90. The Labute approximate surface area is 110 Å². The normalized spacial score (nSPS) is 11.7. The molecule has 1 atom stereocenters. The van der Waals surface area contributed by atoms with Gasteiger partial charge in [0.25, 0.3) is 5.91 Å². The molecule has 1 rings (SSSR count). The molecule has 0 spiro atoms. The molecule has 1 aromatic carbocycles. The van der Waals surface area contributed by atoms with Gasteiger partial charge in [-0.1, -0.05) is 0 Å². The Morgan fingerprint density at radius 1 is 1.37 bits per heavy atom. The summed E-state index contributed by atoms with van der Waals surface area (Å²) in [4.78, 5) is 23.6. The van der Waals surface area contributed by atoms with E-state index in [0.717, 1.165) is 0 Å². The van der Waals surface area contributed by atoms with E-state index in [-0.39, 0.29) is 24.7 Å². The summed E-state index contributed by atoms with van der Waals surface area (Å²) in [5, 5.41) is 8.54. The second-order valence-electron chi connectivity index (χ2n) is 4.12. The molecule has 0 aliphatic rings. The lowest BCUT2D eigenvalue weighted by Gasteiger charge is -2.21. The number of aliphatic carboxylic acids is 1. The van der Waals surface area contributed by atoms with Crippen LogP contribution >= 0.6 is 0 Å². The van der Waals surface area contributed by atoms with Crippen molar-refractivity contribution in [1.82, 2.24) is 4.90 Å². The summed E-state index contributed by atoms with van der Waals surface area (Å²) in [5.41, 5.74) is 0. The van der Waals surface area contributed by atoms with Crippen LogP contribution in [-0.2, 0) is 9.59 Å². The van der Waals surface area contributed by atoms with E-state index in [4.69, 9.17) is 9.84 Å². The van der Waals surface area contributed by atoms with E-state index in [0.29, 0.717) is 5.75 Å². The molecule has 0 saturated heterocycles. The van der Waals surface area contributed by atoms with Crippen LogP contribution in [0, 0.1) is 5.82 Å². The smallest absolute Gasteiger partial charge is 0.305 e. The van der Waals surface area contributed by atoms with Gasteiger partial charge in [-0.25, -0.2) is 4.39 Å². The second-order valence-corrected chi connectivity index (χ2v) is 4.12. The Kier molecular flexibility index (Phi) is 5.29. The predicted octanol–water partition coefficient (Wildman–Crippen LogP) is 1.53. The van der Waals surface area contributed by atoms with Gasteiger partial charge in [-0.2, -0.15) is 0 Å². The molecule has 104 valence electrons. The Bertz CT molecular complexity index is 446. The van der Waals surface area contributed by atoms with Crippen molar-refractivity contribution >= 4 is 11.9 Å². The Balaban J connectivity index is 2.52. The van der Waals surface area contributed by atoms with Gasteiger partial charge in [-0.05, 0) is 31.2 Å². The van der Waals surface area contributed by atoms with Crippen LogP contribution in [0.5, 0.6) is 5.75 Å². The van der Waals surface area contributed by atoms with Crippen LogP contribution in [-0.4, -0.2) is 41.6 Å². The van der Waals surface area contributed by atoms with Crippen LogP contribution in [0.15, 0.2) is 24.3 Å². The Hall–Kier alpha value is -2.11. The van der Waals surface area contributed by atoms with E-state index < -0.39 is 12.1 Å². The minimum Gasteiger partial charge on any atom is -0.481 e. The third-order valence-electron chi connectivity index (χ3n) is 2.51. The van der Waals surface area contributed by atoms with E-state index in [1.807, 2.05) is 0 Å². The summed E-state index contributed by atoms with van der Waals surface area (Å²) in [6, 6.07) is 5.33. The van der Waals surface area contributed by atoms with Crippen LogP contribution in [0.2, 0.25) is 0 Å². The fourth-order valence-corrected chi connectivity index (χ4v) is 1.45. The van der Waals surface area contributed by atoms with Crippen LogP contribution in [0.25, 0.3) is 0 Å². The predicted molar refractivity (Wildman–Crippen MR) is 66.4 cm³/mol. The number of benzene rings is 1. The summed E-state index contributed by atoms with van der Waals surface area (Å²) in [6.45, 7) is 1.67. The maximum atomic E-state index is 12.7. The summed E-state index contributed by atoms with van der Waals surface area (Å²) < 4.78 is 18.1. The van der Waals surface area contributed by atoms with Gasteiger partial charge in [-0.15, -0.1) is 0 Å². The molecular weight excluding hydrogens is 253 g/mol. The van der Waals surface area contributed by atoms with Gasteiger partial charge < -0.3 is 14.7 Å². The van der Waals surface area contributed by atoms with Crippen molar-refractivity contribution in [2.45, 2.75) is 19.4 Å². The largest absolute Gasteiger partial charge is 0.481 e. The Morgan fingerprint density at radius 3 is 2.47 bits per heavy atom. The molecule has 0 aliphatic heterocycles. The minimum atomic E-state index is -0.966. The quantitative estimate of drug-likeness (QED) is 0.850. The molecule has 0 aliphatic carbocycles. The minimum absolute atomic E-state index is 0.116. The second kappa shape index (κ2) is 6.72. The third kappa shape index (κ3) is 4.95. The van der Waals surface area contributed by atoms with Crippen LogP contribution in [0.1, 0.15) is 13.3 Å². The molecule has 1 unspecified atom stereocenters. The average Bonchev–Trinajstić information content (AvgIpc) is 2.37. The Morgan fingerprint density at radius 2 is 1.95 bits per heavy atom. The van der Waals surface area contributed by atoms with E-state index in [9.17, 15) is 14.0 Å². The maximum absolute atomic E-state index is 12.7. The number of hydrogen-bond acceptors (Lipinski definition) is 3. The molecule has 19 heavy (non-hydrogen) atoms. The summed E-state index contributed by atoms with van der Waals surface area (Å²) in [5.74, 6) is -1.30. The highest BCUT2D eigenvalue weighted by atomic mass is 19.1. The van der Waals surface area contributed by atoms with Crippen LogP contribution < -0.4 is 4.74 Å². The number of amides is 1. The zero-order valence-electron chi connectivity index (χ0n) is 10.8. The number of rotatable bonds is 6. The van der Waals surface area contributed by atoms with Crippen LogP contribution in [0.4, 0.5) is 4.39 Å². The fraction of sp³-hybridized carbons (Fsp3) is 0.385. The molecule has 0 radical (unpaired) electrons. The van der Waals surface area contributed by atoms with Gasteiger partial charge in [0.05, 0.1) is 6.42 Å². The lowest BCUT2D eigenvalue weighted by molar-refractivity contribution is -0.140. The third-order valence-corrected chi connectivity index (χ3v) is 2.51. The van der Waals surface area contributed by atoms with Gasteiger partial charge in [0, 0.05) is 13.6 Å². The number of carboxylic acids is 1. The molecule has 0 aromatic heterocycles. The molecule has 5 nitrogen and oxygen atoms in total. The summed E-state index contributed by atoms with van der Waals surface area (Å²) in [7, 11) is 1.51. The van der Waals surface area contributed by atoms with Crippen molar-refractivity contribution in [1.29, 1.82) is 0 Å². The monoisotopic (exact) mass is 269 g/mol. The van der Waals surface area contributed by atoms with Gasteiger partial charge in [0.15, 0.2) is 6.10 Å². The first-order valence-corrected chi connectivity index (χ1v) is 5.79. The highest BCUT2D eigenvalue weighted by Crippen LogP contribution is 2.13. The standard InChI is InChI=1S/C13H16FNO4/c1-9(13(18)15(2)8-7-12(16)17)19-11-5-3-10(14)4-6-11/h3-6,9H,7-8H2,1-2H3,(H,16,17). The van der Waals surface area contributed by atoms with Gasteiger partial charge in [0.2, 0.25) is 0 Å².